The van der Waals surface area contributed by atoms with Crippen LogP contribution in [0.1, 0.15) is 17.2 Å². The predicted molar refractivity (Wildman–Crippen MR) is 109 cm³/mol. The van der Waals surface area contributed by atoms with E-state index in [1.807, 2.05) is 54.4 Å². The topological polar surface area (TPSA) is 79.9 Å². The molecular formula is C22H25N3O4. The summed E-state index contributed by atoms with van der Waals surface area (Å²) in [4.78, 5) is 27.0. The molecule has 0 spiro atoms. The van der Waals surface area contributed by atoms with Crippen LogP contribution in [-0.4, -0.2) is 44.7 Å². The molecule has 0 saturated carbocycles. The van der Waals surface area contributed by atoms with Crippen molar-refractivity contribution in [2.75, 3.05) is 27.8 Å². The van der Waals surface area contributed by atoms with Crippen LogP contribution in [0, 0.1) is 0 Å². The van der Waals surface area contributed by atoms with E-state index in [0.717, 1.165) is 11.1 Å². The fourth-order valence-electron chi connectivity index (χ4n) is 3.36. The van der Waals surface area contributed by atoms with E-state index in [2.05, 4.69) is 10.6 Å². The highest BCUT2D eigenvalue weighted by Gasteiger charge is 2.33. The van der Waals surface area contributed by atoms with E-state index in [9.17, 15) is 9.59 Å². The minimum Gasteiger partial charge on any atom is -0.497 e. The number of amides is 2. The maximum absolute atomic E-state index is 12.6. The minimum atomic E-state index is -0.609. The molecular weight excluding hydrogens is 370 g/mol. The Kier molecular flexibility index (Phi) is 6.51. The lowest BCUT2D eigenvalue weighted by molar-refractivity contribution is -0.136. The molecule has 7 heteroatoms. The lowest BCUT2D eigenvalue weighted by atomic mass is 9.95. The summed E-state index contributed by atoms with van der Waals surface area (Å²) in [6, 6.07) is 16.3. The first-order chi connectivity index (χ1) is 14.0. The van der Waals surface area contributed by atoms with Crippen molar-refractivity contribution in [2.24, 2.45) is 0 Å². The standard InChI is InChI=1S/C22H25N3O4/c1-25(13-15-7-5-4-6-8-15)14-18-19(21(26)29-3)20(24-22(27)23-18)16-9-11-17(28-2)12-10-16/h4-12,20H,13-14H2,1-3H3,(H2,23,24,27)/t20-/m1/s1. The van der Waals surface area contributed by atoms with Crippen molar-refractivity contribution in [1.82, 2.24) is 15.5 Å². The molecule has 3 rings (SSSR count). The number of nitrogens with zero attached hydrogens (tertiary/aromatic N) is 1. The normalized spacial score (nSPS) is 16.3. The fraction of sp³-hybridized carbons (Fsp3) is 0.273. The lowest BCUT2D eigenvalue weighted by Gasteiger charge is -2.31. The van der Waals surface area contributed by atoms with Gasteiger partial charge in [-0.3, -0.25) is 4.90 Å². The number of urea groups is 1. The van der Waals surface area contributed by atoms with Crippen molar-refractivity contribution in [3.8, 4) is 5.75 Å². The molecule has 7 nitrogen and oxygen atoms in total. The molecule has 1 aliphatic rings. The van der Waals surface area contributed by atoms with E-state index in [-0.39, 0.29) is 6.03 Å². The maximum Gasteiger partial charge on any atom is 0.338 e. The summed E-state index contributed by atoms with van der Waals surface area (Å²) in [5.41, 5.74) is 2.82. The summed E-state index contributed by atoms with van der Waals surface area (Å²) in [5, 5.41) is 5.60. The van der Waals surface area contributed by atoms with Crippen LogP contribution in [0.5, 0.6) is 5.75 Å². The summed E-state index contributed by atoms with van der Waals surface area (Å²) >= 11 is 0. The zero-order valence-corrected chi connectivity index (χ0v) is 16.8. The Morgan fingerprint density at radius 3 is 2.34 bits per heavy atom. The van der Waals surface area contributed by atoms with Gasteiger partial charge in [0.2, 0.25) is 0 Å². The Hall–Kier alpha value is -3.32. The van der Waals surface area contributed by atoms with Gasteiger partial charge in [0.05, 0.1) is 25.8 Å². The smallest absolute Gasteiger partial charge is 0.338 e. The van der Waals surface area contributed by atoms with Gasteiger partial charge in [-0.15, -0.1) is 0 Å². The fourth-order valence-corrected chi connectivity index (χ4v) is 3.36. The molecule has 0 aromatic heterocycles. The SMILES string of the molecule is COC(=O)C1=C(CN(C)Cc2ccccc2)NC(=O)N[C@@H]1c1ccc(OC)cc1. The molecule has 0 aliphatic carbocycles. The maximum atomic E-state index is 12.6. The Labute approximate surface area is 170 Å². The summed E-state index contributed by atoms with van der Waals surface area (Å²) in [5.74, 6) is 0.210. The number of hydrogen-bond acceptors (Lipinski definition) is 5. The van der Waals surface area contributed by atoms with E-state index in [1.54, 1.807) is 19.2 Å². The molecule has 1 atom stereocenters. The first-order valence-electron chi connectivity index (χ1n) is 9.27. The number of hydrogen-bond donors (Lipinski definition) is 2. The molecule has 2 aromatic carbocycles. The number of benzene rings is 2. The second-order valence-corrected chi connectivity index (χ2v) is 6.85. The lowest BCUT2D eigenvalue weighted by Crippen LogP contribution is -2.48. The number of carbonyl (C=O) groups is 2. The Bertz CT molecular complexity index is 894. The van der Waals surface area contributed by atoms with Gasteiger partial charge >= 0.3 is 12.0 Å². The van der Waals surface area contributed by atoms with Gasteiger partial charge in [-0.1, -0.05) is 42.5 Å². The highest BCUT2D eigenvalue weighted by atomic mass is 16.5. The van der Waals surface area contributed by atoms with Crippen LogP contribution in [0.3, 0.4) is 0 Å². The third-order valence-corrected chi connectivity index (χ3v) is 4.73. The summed E-state index contributed by atoms with van der Waals surface area (Å²) in [7, 11) is 4.86. The van der Waals surface area contributed by atoms with E-state index >= 15 is 0 Å². The summed E-state index contributed by atoms with van der Waals surface area (Å²) in [6.45, 7) is 1.06. The average Bonchev–Trinajstić information content (AvgIpc) is 2.73. The molecule has 152 valence electrons. The van der Waals surface area contributed by atoms with Crippen molar-refractivity contribution < 1.29 is 19.1 Å². The van der Waals surface area contributed by atoms with Gasteiger partial charge in [0.25, 0.3) is 0 Å². The van der Waals surface area contributed by atoms with Gasteiger partial charge in [-0.25, -0.2) is 9.59 Å². The highest BCUT2D eigenvalue weighted by Crippen LogP contribution is 2.29. The van der Waals surface area contributed by atoms with Gasteiger partial charge in [0.1, 0.15) is 5.75 Å². The number of carbonyl (C=O) groups excluding carboxylic acids is 2. The molecule has 0 saturated heterocycles. The second kappa shape index (κ2) is 9.25. The van der Waals surface area contributed by atoms with Crippen molar-refractivity contribution in [3.05, 3.63) is 77.0 Å². The Balaban J connectivity index is 1.91. The van der Waals surface area contributed by atoms with Gasteiger partial charge in [-0.05, 0) is 30.3 Å². The van der Waals surface area contributed by atoms with Gasteiger partial charge in [0.15, 0.2) is 0 Å². The molecule has 0 fully saturated rings. The second-order valence-electron chi connectivity index (χ2n) is 6.85. The van der Waals surface area contributed by atoms with Crippen LogP contribution >= 0.6 is 0 Å². The van der Waals surface area contributed by atoms with Crippen LogP contribution in [0.2, 0.25) is 0 Å². The number of nitrogens with one attached hydrogen (secondary N) is 2. The van der Waals surface area contributed by atoms with Gasteiger partial charge in [0, 0.05) is 18.8 Å². The zero-order valence-electron chi connectivity index (χ0n) is 16.8. The van der Waals surface area contributed by atoms with Gasteiger partial charge in [-0.2, -0.15) is 0 Å². The number of rotatable bonds is 7. The molecule has 2 N–H and O–H groups in total. The third-order valence-electron chi connectivity index (χ3n) is 4.73. The molecule has 0 radical (unpaired) electrons. The zero-order chi connectivity index (χ0) is 20.8. The Morgan fingerprint density at radius 2 is 1.72 bits per heavy atom. The number of methoxy groups -OCH3 is 2. The predicted octanol–water partition coefficient (Wildman–Crippen LogP) is 2.61. The van der Waals surface area contributed by atoms with Crippen LogP contribution < -0.4 is 15.4 Å². The summed E-state index contributed by atoms with van der Waals surface area (Å²) in [6.07, 6.45) is 0. The first-order valence-corrected chi connectivity index (χ1v) is 9.27. The minimum absolute atomic E-state index is 0.360. The quantitative estimate of drug-likeness (QED) is 0.705. The number of likely N-dealkylation sites (N-methyl/N-ethyl adjacent to an activating group) is 1. The van der Waals surface area contributed by atoms with Crippen molar-refractivity contribution in [3.63, 3.8) is 0 Å². The van der Waals surface area contributed by atoms with Crippen molar-refractivity contribution in [2.45, 2.75) is 12.6 Å². The van der Waals surface area contributed by atoms with Crippen LogP contribution in [0.15, 0.2) is 65.9 Å². The first kappa shape index (κ1) is 20.4. The molecule has 29 heavy (non-hydrogen) atoms. The largest absolute Gasteiger partial charge is 0.497 e. The highest BCUT2D eigenvalue weighted by molar-refractivity contribution is 5.95. The molecule has 0 bridgehead atoms. The molecule has 2 aromatic rings. The summed E-state index contributed by atoms with van der Waals surface area (Å²) < 4.78 is 10.2. The van der Waals surface area contributed by atoms with Crippen molar-refractivity contribution in [1.29, 1.82) is 0 Å². The van der Waals surface area contributed by atoms with Crippen LogP contribution in [0.25, 0.3) is 0 Å². The van der Waals surface area contributed by atoms with Crippen molar-refractivity contribution >= 4 is 12.0 Å². The third kappa shape index (κ3) is 4.94. The number of esters is 1. The molecule has 1 aliphatic heterocycles. The van der Waals surface area contributed by atoms with Crippen LogP contribution in [-0.2, 0) is 16.1 Å². The monoisotopic (exact) mass is 395 g/mol. The van der Waals surface area contributed by atoms with E-state index in [1.165, 1.54) is 7.11 Å². The molecule has 1 heterocycles. The van der Waals surface area contributed by atoms with E-state index in [4.69, 9.17) is 9.47 Å². The van der Waals surface area contributed by atoms with E-state index in [0.29, 0.717) is 30.1 Å². The molecule has 2 amide bonds. The average molecular weight is 395 g/mol. The van der Waals surface area contributed by atoms with Gasteiger partial charge < -0.3 is 20.1 Å². The van der Waals surface area contributed by atoms with E-state index < -0.39 is 12.0 Å². The van der Waals surface area contributed by atoms with Crippen LogP contribution in [0.4, 0.5) is 4.79 Å². The molecule has 0 unspecified atom stereocenters. The number of ether oxygens (including phenoxy) is 2. The Morgan fingerprint density at radius 1 is 1.03 bits per heavy atom.